The molecule has 1 aliphatic heterocycles. The third kappa shape index (κ3) is 4.96. The number of carbonyl (C=O) groups is 1. The van der Waals surface area contributed by atoms with E-state index in [1.807, 2.05) is 13.0 Å². The van der Waals surface area contributed by atoms with Gasteiger partial charge in [-0.25, -0.2) is 19.9 Å². The Bertz CT molecular complexity index is 2080. The number of fused-ring (bicyclic) bond motifs is 2. The van der Waals surface area contributed by atoms with Gasteiger partial charge in [0.05, 0.1) is 22.9 Å². The minimum Gasteiger partial charge on any atom is -0.457 e. The molecule has 1 aliphatic rings. The second-order valence-corrected chi connectivity index (χ2v) is 9.28. The van der Waals surface area contributed by atoms with Crippen LogP contribution in [0.1, 0.15) is 24.3 Å². The first-order chi connectivity index (χ1) is 23.0. The molecule has 0 radical (unpaired) electrons. The van der Waals surface area contributed by atoms with Crippen molar-refractivity contribution in [1.29, 1.82) is 0 Å². The first-order valence-electron chi connectivity index (χ1n) is 16.9. The van der Waals surface area contributed by atoms with Crippen molar-refractivity contribution in [1.82, 2.24) is 29.4 Å². The fourth-order valence-electron chi connectivity index (χ4n) is 4.56. The van der Waals surface area contributed by atoms with Crippen LogP contribution in [0.4, 0.5) is 17.3 Å². The van der Waals surface area contributed by atoms with Gasteiger partial charge in [-0.05, 0) is 75.3 Å². The number of ether oxygens (including phenoxy) is 1. The Morgan fingerprint density at radius 1 is 1.10 bits per heavy atom. The second-order valence-electron chi connectivity index (χ2n) is 9.28. The van der Waals surface area contributed by atoms with Crippen LogP contribution in [0.2, 0.25) is 0 Å². The van der Waals surface area contributed by atoms with Crippen molar-refractivity contribution in [2.24, 2.45) is 6.98 Å². The number of anilines is 3. The average Bonchev–Trinajstić information content (AvgIpc) is 3.60. The number of pyridine rings is 1. The fourth-order valence-corrected chi connectivity index (χ4v) is 4.56. The van der Waals surface area contributed by atoms with E-state index in [4.69, 9.17) is 17.1 Å². The second kappa shape index (κ2) is 10.4. The molecule has 1 amide bonds. The molecule has 1 N–H and O–H groups in total. The SMILES string of the molecule is [2H]C([2H])([2H])N(C/C=C1\CCN(c2ccc3ncnc(Nc4ccc(Oc5ccc6c(c5)ncn6C([2H])([2H])[2H])c(C)c4)c3n2)C1=O)C([2H])([2H])[2H]. The van der Waals surface area contributed by atoms with E-state index in [1.54, 1.807) is 42.5 Å². The summed E-state index contributed by atoms with van der Waals surface area (Å²) < 4.78 is 75.5. The van der Waals surface area contributed by atoms with E-state index in [9.17, 15) is 4.79 Å². The summed E-state index contributed by atoms with van der Waals surface area (Å²) in [5, 5.41) is 3.26. The van der Waals surface area contributed by atoms with Crippen molar-refractivity contribution < 1.29 is 21.9 Å². The van der Waals surface area contributed by atoms with Crippen LogP contribution in [0.3, 0.4) is 0 Å². The topological polar surface area (TPSA) is 101 Å². The Morgan fingerprint density at radius 3 is 2.88 bits per heavy atom. The normalized spacial score (nSPS) is 18.9. The summed E-state index contributed by atoms with van der Waals surface area (Å²) in [5.41, 5.74) is 3.67. The van der Waals surface area contributed by atoms with Crippen LogP contribution in [-0.2, 0) is 11.8 Å². The van der Waals surface area contributed by atoms with Crippen molar-refractivity contribution in [3.63, 3.8) is 0 Å². The monoisotopic (exact) mass is 543 g/mol. The number of imidazole rings is 1. The lowest BCUT2D eigenvalue weighted by Gasteiger charge is -2.16. The Hall–Kier alpha value is -4.83. The van der Waals surface area contributed by atoms with Gasteiger partial charge in [0.15, 0.2) is 5.82 Å². The molecule has 0 atom stereocenters. The Kier molecular flexibility index (Phi) is 4.41. The summed E-state index contributed by atoms with van der Waals surface area (Å²) >= 11 is 0. The summed E-state index contributed by atoms with van der Waals surface area (Å²) in [5.74, 6) is 1.40. The van der Waals surface area contributed by atoms with Gasteiger partial charge >= 0.3 is 0 Å². The van der Waals surface area contributed by atoms with E-state index in [0.29, 0.717) is 61.4 Å². The lowest BCUT2D eigenvalue weighted by molar-refractivity contribution is -0.114. The number of aryl methyl sites for hydroxylation is 2. The van der Waals surface area contributed by atoms with Crippen LogP contribution < -0.4 is 15.0 Å². The van der Waals surface area contributed by atoms with Gasteiger partial charge < -0.3 is 19.5 Å². The number of hydrogen-bond donors (Lipinski definition) is 1. The number of nitrogens with zero attached hydrogens (tertiary/aromatic N) is 7. The highest BCUT2D eigenvalue weighted by Crippen LogP contribution is 2.32. The maximum Gasteiger partial charge on any atom is 0.255 e. The molecule has 0 spiro atoms. The zero-order valence-corrected chi connectivity index (χ0v) is 21.4. The Balaban J connectivity index is 1.19. The lowest BCUT2D eigenvalue weighted by Crippen LogP contribution is -2.25. The Morgan fingerprint density at radius 2 is 2.02 bits per heavy atom. The van der Waals surface area contributed by atoms with Crippen LogP contribution in [0.5, 0.6) is 11.5 Å². The molecule has 0 unspecified atom stereocenters. The van der Waals surface area contributed by atoms with Gasteiger partial charge in [-0.3, -0.25) is 9.69 Å². The number of benzene rings is 2. The molecular weight excluding hydrogens is 504 g/mol. The van der Waals surface area contributed by atoms with Crippen molar-refractivity contribution in [3.05, 3.63) is 78.4 Å². The quantitative estimate of drug-likeness (QED) is 0.287. The standard InChI is InChI=1S/C30H30N8O2/c1-19-15-21(5-9-26(19)40-22-6-8-25-24(16-22)33-18-37(25)4)34-29-28-23(31-17-32-29)7-10-27(35-28)38-14-12-20(30(38)39)11-13-36(2)3/h5-11,15-18H,12-14H2,1-4H3,(H,31,32,34)/b20-11+/i2D3,3D3,4D3. The van der Waals surface area contributed by atoms with Gasteiger partial charge in [0.2, 0.25) is 0 Å². The third-order valence-electron chi connectivity index (χ3n) is 6.57. The Labute approximate surface area is 244 Å². The van der Waals surface area contributed by atoms with Crippen molar-refractivity contribution in [2.45, 2.75) is 13.3 Å². The third-order valence-corrected chi connectivity index (χ3v) is 6.57. The van der Waals surface area contributed by atoms with Crippen molar-refractivity contribution >= 4 is 45.3 Å². The van der Waals surface area contributed by atoms with Gasteiger partial charge in [0, 0.05) is 49.7 Å². The van der Waals surface area contributed by atoms with E-state index in [2.05, 4.69) is 25.3 Å². The molecule has 202 valence electrons. The molecule has 10 heteroatoms. The molecule has 6 rings (SSSR count). The number of carbonyl (C=O) groups excluding carboxylic acids is 1. The first kappa shape index (κ1) is 17.0. The van der Waals surface area contributed by atoms with E-state index < -0.39 is 33.4 Å². The number of nitrogens with one attached hydrogen (secondary N) is 1. The molecule has 3 aromatic heterocycles. The van der Waals surface area contributed by atoms with E-state index in [1.165, 1.54) is 23.6 Å². The first-order valence-corrected chi connectivity index (χ1v) is 12.4. The zero-order valence-electron chi connectivity index (χ0n) is 30.4. The van der Waals surface area contributed by atoms with Gasteiger partial charge in [-0.2, -0.15) is 0 Å². The van der Waals surface area contributed by atoms with Crippen molar-refractivity contribution in [3.8, 4) is 11.5 Å². The van der Waals surface area contributed by atoms with Gasteiger partial charge in [0.1, 0.15) is 29.2 Å². The summed E-state index contributed by atoms with van der Waals surface area (Å²) in [7, 11) is 0. The maximum absolute atomic E-state index is 13.3. The molecule has 1 fully saturated rings. The molecule has 1 saturated heterocycles. The zero-order chi connectivity index (χ0) is 35.3. The summed E-state index contributed by atoms with van der Waals surface area (Å²) in [6, 6.07) is 13.8. The van der Waals surface area contributed by atoms with E-state index in [0.717, 1.165) is 10.1 Å². The molecule has 5 aromatic rings. The highest BCUT2D eigenvalue weighted by atomic mass is 16.5. The smallest absolute Gasteiger partial charge is 0.255 e. The largest absolute Gasteiger partial charge is 0.457 e. The number of likely N-dealkylation sites (N-methyl/N-ethyl adjacent to an activating group) is 1. The number of hydrogen-bond acceptors (Lipinski definition) is 8. The minimum absolute atomic E-state index is 0.274. The summed E-state index contributed by atoms with van der Waals surface area (Å²) in [4.78, 5) is 32.7. The average molecular weight is 544 g/mol. The minimum atomic E-state index is -2.86. The molecule has 40 heavy (non-hydrogen) atoms. The molecule has 4 heterocycles. The number of amides is 1. The molecule has 2 aromatic carbocycles. The summed E-state index contributed by atoms with van der Waals surface area (Å²) in [6.45, 7) is -6.35. The number of rotatable bonds is 7. The molecule has 0 saturated carbocycles. The van der Waals surface area contributed by atoms with Crippen LogP contribution in [-0.4, -0.2) is 62.4 Å². The maximum atomic E-state index is 13.3. The van der Waals surface area contributed by atoms with Crippen LogP contribution in [0.25, 0.3) is 22.1 Å². The molecule has 0 aliphatic carbocycles. The van der Waals surface area contributed by atoms with E-state index in [-0.39, 0.29) is 13.0 Å². The highest BCUT2D eigenvalue weighted by Gasteiger charge is 2.28. The predicted octanol–water partition coefficient (Wildman–Crippen LogP) is 4.98. The van der Waals surface area contributed by atoms with Gasteiger partial charge in [-0.15, -0.1) is 0 Å². The van der Waals surface area contributed by atoms with Crippen LogP contribution in [0, 0.1) is 6.92 Å². The van der Waals surface area contributed by atoms with Gasteiger partial charge in [-0.1, -0.05) is 6.08 Å². The van der Waals surface area contributed by atoms with Crippen molar-refractivity contribution in [2.75, 3.05) is 37.3 Å². The number of aromatic nitrogens is 5. The van der Waals surface area contributed by atoms with Crippen LogP contribution >= 0.6 is 0 Å². The predicted molar refractivity (Wildman–Crippen MR) is 156 cm³/mol. The molecule has 0 bridgehead atoms. The fraction of sp³-hybridized carbons (Fsp3) is 0.233. The highest BCUT2D eigenvalue weighted by molar-refractivity contribution is 6.08. The summed E-state index contributed by atoms with van der Waals surface area (Å²) in [6.07, 6.45) is 4.31. The van der Waals surface area contributed by atoms with E-state index >= 15 is 0 Å². The molecular formula is C30H30N8O2. The van der Waals surface area contributed by atoms with Crippen LogP contribution in [0.15, 0.2) is 72.8 Å². The van der Waals surface area contributed by atoms with Gasteiger partial charge in [0.25, 0.3) is 5.91 Å². The lowest BCUT2D eigenvalue weighted by atomic mass is 10.2. The molecule has 10 nitrogen and oxygen atoms in total.